The average molecular weight is 603 g/mol. The first-order valence-corrected chi connectivity index (χ1v) is 14.2. The van der Waals surface area contributed by atoms with Crippen LogP contribution in [0.4, 0.5) is 13.2 Å². The summed E-state index contributed by atoms with van der Waals surface area (Å²) in [6.45, 7) is 0.356. The summed E-state index contributed by atoms with van der Waals surface area (Å²) >= 11 is 0. The van der Waals surface area contributed by atoms with E-state index in [9.17, 15) is 43.4 Å². The molecular weight excluding hydrogens is 561 g/mol. The van der Waals surface area contributed by atoms with Crippen LogP contribution in [0.1, 0.15) is 63.4 Å². The molecule has 0 saturated heterocycles. The van der Waals surface area contributed by atoms with Crippen LogP contribution < -0.4 is 10.1 Å². The van der Waals surface area contributed by atoms with Gasteiger partial charge in [-0.05, 0) is 56.2 Å². The Bertz CT molecular complexity index is 1020. The Balaban J connectivity index is 1.66. The first-order valence-electron chi connectivity index (χ1n) is 14.2. The molecule has 1 aliphatic rings. The summed E-state index contributed by atoms with van der Waals surface area (Å²) in [5.74, 6) is -0.766. The second kappa shape index (κ2) is 18.4. The predicted octanol–water partition coefficient (Wildman–Crippen LogP) is 4.36. The number of carbonyl (C=O) groups is 1. The molecule has 0 radical (unpaired) electrons. The van der Waals surface area contributed by atoms with Gasteiger partial charge in [0, 0.05) is 25.3 Å². The number of unbranched alkanes of at least 4 members (excludes halogenated alkanes) is 4. The number of hydrogen-bond acceptors (Lipinski definition) is 8. The van der Waals surface area contributed by atoms with E-state index < -0.39 is 41.1 Å². The van der Waals surface area contributed by atoms with E-state index in [1.165, 1.54) is 18.2 Å². The summed E-state index contributed by atoms with van der Waals surface area (Å²) < 4.78 is 43.9. The number of nitrogens with one attached hydrogen (secondary N) is 1. The van der Waals surface area contributed by atoms with Crippen molar-refractivity contribution in [3.63, 3.8) is 0 Å². The minimum absolute atomic E-state index is 0.0237. The molecule has 0 aromatic heterocycles. The fraction of sp³-hybridized carbons (Fsp3) is 0.621. The van der Waals surface area contributed by atoms with Crippen LogP contribution in [0.15, 0.2) is 48.6 Å². The van der Waals surface area contributed by atoms with Gasteiger partial charge in [-0.1, -0.05) is 43.2 Å². The Morgan fingerprint density at radius 2 is 1.90 bits per heavy atom. The Labute approximate surface area is 243 Å². The number of carbonyl (C=O) groups excluding carboxylic acids is 1. The number of benzene rings is 1. The van der Waals surface area contributed by atoms with Crippen molar-refractivity contribution >= 4 is 5.91 Å². The third kappa shape index (κ3) is 13.7. The average Bonchev–Trinajstić information content (AvgIpc) is 3.20. The van der Waals surface area contributed by atoms with E-state index >= 15 is 0 Å². The number of ether oxygens (including phenoxy) is 1. The fourth-order valence-electron chi connectivity index (χ4n) is 4.75. The summed E-state index contributed by atoms with van der Waals surface area (Å²) in [7, 11) is 0. The number of halogens is 3. The lowest BCUT2D eigenvalue weighted by Gasteiger charge is -2.19. The standard InChI is InChI=1S/C29H41F3N2O8/c30-29(31,32)21-10-9-11-23(18-21)41-20-22(35)14-15-25-24(26(36)19-27(25)37)12-5-1-2-6-13-28(38)33-16-7-3-4-8-17-42-34(39)40/h1,5,9-11,14-15,18,22,24-27,35-37H,2-4,6-8,12-13,16-17,19-20H2,(H,33,38)/b5-1-,15-14+/t22-,24-,25-,26+,27-/m1/s1. The largest absolute Gasteiger partial charge is 0.491 e. The molecule has 1 saturated carbocycles. The van der Waals surface area contributed by atoms with Gasteiger partial charge in [-0.2, -0.15) is 13.2 Å². The third-order valence-corrected chi connectivity index (χ3v) is 6.99. The minimum Gasteiger partial charge on any atom is -0.491 e. The maximum Gasteiger partial charge on any atom is 0.416 e. The molecule has 1 amide bonds. The molecular formula is C29H41F3N2O8. The highest BCUT2D eigenvalue weighted by molar-refractivity contribution is 5.75. The van der Waals surface area contributed by atoms with Crippen LogP contribution >= 0.6 is 0 Å². The van der Waals surface area contributed by atoms with Crippen LogP contribution in [0.25, 0.3) is 0 Å². The predicted molar refractivity (Wildman–Crippen MR) is 148 cm³/mol. The van der Waals surface area contributed by atoms with Gasteiger partial charge in [-0.3, -0.25) is 4.79 Å². The molecule has 4 N–H and O–H groups in total. The van der Waals surface area contributed by atoms with Crippen LogP contribution in [0.2, 0.25) is 0 Å². The second-order valence-corrected chi connectivity index (χ2v) is 10.3. The lowest BCUT2D eigenvalue weighted by molar-refractivity contribution is -0.757. The molecule has 0 bridgehead atoms. The van der Waals surface area contributed by atoms with Crippen molar-refractivity contribution in [1.29, 1.82) is 0 Å². The van der Waals surface area contributed by atoms with Crippen LogP contribution in [0.5, 0.6) is 5.75 Å². The molecule has 1 aromatic carbocycles. The quantitative estimate of drug-likeness (QED) is 0.0789. The van der Waals surface area contributed by atoms with Crippen molar-refractivity contribution < 1.29 is 47.9 Å². The van der Waals surface area contributed by atoms with E-state index in [1.807, 2.05) is 12.2 Å². The molecule has 0 heterocycles. The van der Waals surface area contributed by atoms with Gasteiger partial charge in [0.05, 0.1) is 24.4 Å². The van der Waals surface area contributed by atoms with E-state index in [4.69, 9.17) is 4.74 Å². The highest BCUT2D eigenvalue weighted by Gasteiger charge is 2.39. The number of rotatable bonds is 19. The molecule has 13 heteroatoms. The van der Waals surface area contributed by atoms with Crippen molar-refractivity contribution in [3.05, 3.63) is 64.2 Å². The van der Waals surface area contributed by atoms with Gasteiger partial charge in [-0.25, -0.2) is 0 Å². The Morgan fingerprint density at radius 3 is 2.64 bits per heavy atom. The van der Waals surface area contributed by atoms with Crippen molar-refractivity contribution in [2.75, 3.05) is 19.8 Å². The van der Waals surface area contributed by atoms with Gasteiger partial charge in [0.15, 0.2) is 0 Å². The number of aliphatic hydroxyl groups excluding tert-OH is 3. The van der Waals surface area contributed by atoms with E-state index in [-0.39, 0.29) is 37.2 Å². The lowest BCUT2D eigenvalue weighted by atomic mass is 9.89. The van der Waals surface area contributed by atoms with Crippen molar-refractivity contribution in [2.24, 2.45) is 11.8 Å². The number of nitrogens with zero attached hydrogens (tertiary/aromatic N) is 1. The molecule has 2 rings (SSSR count). The van der Waals surface area contributed by atoms with Crippen LogP contribution in [0.3, 0.4) is 0 Å². The highest BCUT2D eigenvalue weighted by atomic mass is 19.4. The van der Waals surface area contributed by atoms with Crippen molar-refractivity contribution in [3.8, 4) is 5.75 Å². The van der Waals surface area contributed by atoms with Gasteiger partial charge in [0.2, 0.25) is 5.91 Å². The lowest BCUT2D eigenvalue weighted by Crippen LogP contribution is -2.23. The SMILES string of the molecule is O=C(CCC/C=C\C[C@@H]1[C@@H](/C=C/[C@@H](O)COc2cccc(C(F)(F)F)c2)[C@H](O)C[C@@H]1O)NCCCCCCO[N+](=O)[O-]. The summed E-state index contributed by atoms with van der Waals surface area (Å²) in [6, 6.07) is 4.37. The molecule has 1 aliphatic carbocycles. The monoisotopic (exact) mass is 602 g/mol. The smallest absolute Gasteiger partial charge is 0.416 e. The third-order valence-electron chi connectivity index (χ3n) is 6.99. The first kappa shape index (κ1) is 35.0. The fourth-order valence-corrected chi connectivity index (χ4v) is 4.75. The topological polar surface area (TPSA) is 151 Å². The number of aliphatic hydroxyl groups is 3. The molecule has 236 valence electrons. The molecule has 0 spiro atoms. The zero-order valence-electron chi connectivity index (χ0n) is 23.5. The Kier molecular flexibility index (Phi) is 15.3. The molecule has 5 atom stereocenters. The Hall–Kier alpha value is -3.16. The van der Waals surface area contributed by atoms with Crippen molar-refractivity contribution in [1.82, 2.24) is 5.32 Å². The Morgan fingerprint density at radius 1 is 1.14 bits per heavy atom. The first-order chi connectivity index (χ1) is 20.0. The summed E-state index contributed by atoms with van der Waals surface area (Å²) in [5, 5.41) is 43.1. The van der Waals surface area contributed by atoms with E-state index in [2.05, 4.69) is 10.2 Å². The summed E-state index contributed by atoms with van der Waals surface area (Å²) in [4.78, 5) is 26.2. The summed E-state index contributed by atoms with van der Waals surface area (Å²) in [6.07, 6.45) is 5.09. The number of alkyl halides is 3. The van der Waals surface area contributed by atoms with E-state index in [0.29, 0.717) is 38.6 Å². The molecule has 0 unspecified atom stereocenters. The van der Waals surface area contributed by atoms with Crippen molar-refractivity contribution in [2.45, 2.75) is 82.3 Å². The minimum atomic E-state index is -4.50. The number of allylic oxidation sites excluding steroid dienone is 2. The van der Waals surface area contributed by atoms with Gasteiger partial charge >= 0.3 is 6.18 Å². The highest BCUT2D eigenvalue weighted by Crippen LogP contribution is 2.36. The molecule has 0 aliphatic heterocycles. The maximum atomic E-state index is 12.9. The van der Waals surface area contributed by atoms with Crippen LogP contribution in [0, 0.1) is 22.0 Å². The molecule has 10 nitrogen and oxygen atoms in total. The molecule has 42 heavy (non-hydrogen) atoms. The van der Waals surface area contributed by atoms with Gasteiger partial charge in [0.25, 0.3) is 5.09 Å². The van der Waals surface area contributed by atoms with E-state index in [0.717, 1.165) is 31.4 Å². The zero-order chi connectivity index (χ0) is 31.0. The number of amides is 1. The van der Waals surface area contributed by atoms with Gasteiger partial charge in [-0.15, -0.1) is 10.1 Å². The van der Waals surface area contributed by atoms with Crippen LogP contribution in [-0.4, -0.2) is 64.4 Å². The van der Waals surface area contributed by atoms with Gasteiger partial charge < -0.3 is 30.2 Å². The zero-order valence-corrected chi connectivity index (χ0v) is 23.5. The number of hydrogen-bond donors (Lipinski definition) is 4. The second-order valence-electron chi connectivity index (χ2n) is 10.3. The molecule has 1 fully saturated rings. The van der Waals surface area contributed by atoms with Crippen LogP contribution in [-0.2, 0) is 15.8 Å². The normalized spacial score (nSPS) is 21.6. The maximum absolute atomic E-state index is 12.9. The van der Waals surface area contributed by atoms with E-state index in [1.54, 1.807) is 6.08 Å². The molecule has 1 aromatic rings. The van der Waals surface area contributed by atoms with Gasteiger partial charge in [0.1, 0.15) is 18.5 Å². The summed E-state index contributed by atoms with van der Waals surface area (Å²) in [5.41, 5.74) is -0.850.